The molecule has 1 fully saturated rings. The Bertz CT molecular complexity index is 655. The van der Waals surface area contributed by atoms with E-state index in [1.165, 1.54) is 0 Å². The van der Waals surface area contributed by atoms with E-state index in [9.17, 15) is 4.79 Å². The number of carbonyl (C=O) groups excluding carboxylic acids is 1. The molecule has 1 aliphatic heterocycles. The zero-order chi connectivity index (χ0) is 15.5. The predicted molar refractivity (Wildman–Crippen MR) is 98.9 cm³/mol. The standard InChI is InChI=1S/C17H21N3O2.2ClH/c1-12-15(10-16(21)20(2)14-8-9-18-11-14)19-17(22-12)13-6-4-3-5-7-13;;/h3-7,14,18H,8-11H2,1-2H3;2*1H. The number of oxazole rings is 1. The lowest BCUT2D eigenvalue weighted by atomic mass is 10.2. The van der Waals surface area contributed by atoms with Gasteiger partial charge in [0.05, 0.1) is 12.1 Å². The molecule has 132 valence electrons. The Labute approximate surface area is 154 Å². The summed E-state index contributed by atoms with van der Waals surface area (Å²) in [6.07, 6.45) is 1.30. The van der Waals surface area contributed by atoms with Crippen molar-refractivity contribution in [2.24, 2.45) is 0 Å². The van der Waals surface area contributed by atoms with Crippen molar-refractivity contribution in [3.63, 3.8) is 0 Å². The van der Waals surface area contributed by atoms with Crippen LogP contribution in [0.2, 0.25) is 0 Å². The summed E-state index contributed by atoms with van der Waals surface area (Å²) in [6, 6.07) is 10.0. The second-order valence-corrected chi connectivity index (χ2v) is 5.72. The van der Waals surface area contributed by atoms with Gasteiger partial charge < -0.3 is 14.6 Å². The number of aryl methyl sites for hydroxylation is 1. The monoisotopic (exact) mass is 371 g/mol. The summed E-state index contributed by atoms with van der Waals surface area (Å²) in [7, 11) is 1.87. The minimum Gasteiger partial charge on any atom is -0.441 e. The quantitative estimate of drug-likeness (QED) is 0.897. The highest BCUT2D eigenvalue weighted by Crippen LogP contribution is 2.22. The maximum absolute atomic E-state index is 12.4. The van der Waals surface area contributed by atoms with Gasteiger partial charge in [-0.3, -0.25) is 4.79 Å². The number of aromatic nitrogens is 1. The van der Waals surface area contributed by atoms with E-state index in [-0.39, 0.29) is 43.2 Å². The van der Waals surface area contributed by atoms with Crippen LogP contribution in [-0.4, -0.2) is 42.0 Å². The van der Waals surface area contributed by atoms with E-state index in [0.717, 1.165) is 30.8 Å². The first-order valence-electron chi connectivity index (χ1n) is 7.63. The molecule has 1 saturated heterocycles. The molecule has 0 saturated carbocycles. The van der Waals surface area contributed by atoms with Gasteiger partial charge in [0, 0.05) is 25.2 Å². The number of benzene rings is 1. The minimum absolute atomic E-state index is 0. The maximum Gasteiger partial charge on any atom is 0.228 e. The lowest BCUT2D eigenvalue weighted by Crippen LogP contribution is -2.39. The number of halogens is 2. The number of carbonyl (C=O) groups is 1. The number of nitrogens with one attached hydrogen (secondary N) is 1. The summed E-state index contributed by atoms with van der Waals surface area (Å²) in [5.41, 5.74) is 1.65. The number of hydrogen-bond donors (Lipinski definition) is 1. The molecule has 24 heavy (non-hydrogen) atoms. The van der Waals surface area contributed by atoms with E-state index in [2.05, 4.69) is 10.3 Å². The van der Waals surface area contributed by atoms with Crippen molar-refractivity contribution in [2.45, 2.75) is 25.8 Å². The van der Waals surface area contributed by atoms with E-state index < -0.39 is 0 Å². The van der Waals surface area contributed by atoms with E-state index in [1.807, 2.05) is 49.2 Å². The van der Waals surface area contributed by atoms with E-state index in [1.54, 1.807) is 0 Å². The zero-order valence-corrected chi connectivity index (χ0v) is 15.5. The van der Waals surface area contributed by atoms with Gasteiger partial charge >= 0.3 is 0 Å². The molecular weight excluding hydrogens is 349 g/mol. The summed E-state index contributed by atoms with van der Waals surface area (Å²) in [6.45, 7) is 3.71. The highest BCUT2D eigenvalue weighted by atomic mass is 35.5. The van der Waals surface area contributed by atoms with Gasteiger partial charge in [-0.2, -0.15) is 0 Å². The fourth-order valence-electron chi connectivity index (χ4n) is 2.74. The predicted octanol–water partition coefficient (Wildman–Crippen LogP) is 2.86. The molecule has 0 radical (unpaired) electrons. The van der Waals surface area contributed by atoms with Crippen LogP contribution in [0.3, 0.4) is 0 Å². The molecule has 1 atom stereocenters. The SMILES string of the molecule is Cc1oc(-c2ccccc2)nc1CC(=O)N(C)C1CCNC1.Cl.Cl. The van der Waals surface area contributed by atoms with Gasteiger partial charge in [0.15, 0.2) is 0 Å². The Morgan fingerprint density at radius 2 is 2.04 bits per heavy atom. The van der Waals surface area contributed by atoms with Crippen LogP contribution in [-0.2, 0) is 11.2 Å². The first-order chi connectivity index (χ1) is 10.6. The third-order valence-corrected chi connectivity index (χ3v) is 4.21. The third kappa shape index (κ3) is 4.50. The first-order valence-corrected chi connectivity index (χ1v) is 7.63. The Morgan fingerprint density at radius 3 is 2.67 bits per heavy atom. The molecular formula is C17H23Cl2N3O2. The van der Waals surface area contributed by atoms with Crippen LogP contribution in [0.4, 0.5) is 0 Å². The number of hydrogen-bond acceptors (Lipinski definition) is 4. The van der Waals surface area contributed by atoms with Gasteiger partial charge in [0.1, 0.15) is 5.76 Å². The molecule has 0 spiro atoms. The molecule has 1 amide bonds. The van der Waals surface area contributed by atoms with E-state index in [0.29, 0.717) is 11.7 Å². The molecule has 2 aromatic rings. The van der Waals surface area contributed by atoms with Crippen molar-refractivity contribution < 1.29 is 9.21 Å². The van der Waals surface area contributed by atoms with Crippen LogP contribution in [0, 0.1) is 6.92 Å². The molecule has 1 unspecified atom stereocenters. The normalized spacial score (nSPS) is 16.2. The molecule has 5 nitrogen and oxygen atoms in total. The molecule has 1 aliphatic rings. The molecule has 1 N–H and O–H groups in total. The first kappa shape index (κ1) is 20.5. The van der Waals surface area contributed by atoms with Crippen molar-refractivity contribution in [3.8, 4) is 11.5 Å². The molecule has 7 heteroatoms. The highest BCUT2D eigenvalue weighted by molar-refractivity contribution is 5.85. The lowest BCUT2D eigenvalue weighted by Gasteiger charge is -2.23. The van der Waals surface area contributed by atoms with Gasteiger partial charge in [-0.15, -0.1) is 24.8 Å². The van der Waals surface area contributed by atoms with Crippen LogP contribution in [0.15, 0.2) is 34.7 Å². The van der Waals surface area contributed by atoms with Crippen molar-refractivity contribution >= 4 is 30.7 Å². The smallest absolute Gasteiger partial charge is 0.228 e. The summed E-state index contributed by atoms with van der Waals surface area (Å²) in [4.78, 5) is 18.7. The Balaban J connectivity index is 0.00000144. The summed E-state index contributed by atoms with van der Waals surface area (Å²) < 4.78 is 5.71. The summed E-state index contributed by atoms with van der Waals surface area (Å²) in [5.74, 6) is 1.38. The molecule has 0 aliphatic carbocycles. The van der Waals surface area contributed by atoms with Crippen molar-refractivity contribution in [1.29, 1.82) is 0 Å². The van der Waals surface area contributed by atoms with Gasteiger partial charge in [-0.05, 0) is 32.0 Å². The van der Waals surface area contributed by atoms with Gasteiger partial charge in [0.2, 0.25) is 11.8 Å². The van der Waals surface area contributed by atoms with Crippen LogP contribution in [0.1, 0.15) is 17.9 Å². The average Bonchev–Trinajstić information content (AvgIpc) is 3.18. The van der Waals surface area contributed by atoms with Crippen molar-refractivity contribution in [1.82, 2.24) is 15.2 Å². The zero-order valence-electron chi connectivity index (χ0n) is 13.8. The third-order valence-electron chi connectivity index (χ3n) is 4.21. The van der Waals surface area contributed by atoms with Crippen LogP contribution >= 0.6 is 24.8 Å². The number of amides is 1. The number of likely N-dealkylation sites (N-methyl/N-ethyl adjacent to an activating group) is 1. The number of nitrogens with zero attached hydrogens (tertiary/aromatic N) is 2. The van der Waals surface area contributed by atoms with Gasteiger partial charge in [-0.25, -0.2) is 4.98 Å². The maximum atomic E-state index is 12.4. The van der Waals surface area contributed by atoms with Crippen molar-refractivity contribution in [3.05, 3.63) is 41.8 Å². The van der Waals surface area contributed by atoms with Crippen LogP contribution < -0.4 is 5.32 Å². The summed E-state index contributed by atoms with van der Waals surface area (Å²) in [5, 5.41) is 3.28. The summed E-state index contributed by atoms with van der Waals surface area (Å²) >= 11 is 0. The minimum atomic E-state index is 0. The molecule has 0 bridgehead atoms. The topological polar surface area (TPSA) is 58.4 Å². The Kier molecular flexibility index (Phi) is 7.73. The van der Waals surface area contributed by atoms with Gasteiger partial charge in [0.25, 0.3) is 0 Å². The molecule has 2 heterocycles. The fourth-order valence-corrected chi connectivity index (χ4v) is 2.74. The average molecular weight is 372 g/mol. The van der Waals surface area contributed by atoms with Crippen molar-refractivity contribution in [2.75, 3.05) is 20.1 Å². The van der Waals surface area contributed by atoms with Crippen LogP contribution in [0.5, 0.6) is 0 Å². The van der Waals surface area contributed by atoms with E-state index in [4.69, 9.17) is 4.42 Å². The van der Waals surface area contributed by atoms with Crippen LogP contribution in [0.25, 0.3) is 11.5 Å². The highest BCUT2D eigenvalue weighted by Gasteiger charge is 2.24. The largest absolute Gasteiger partial charge is 0.441 e. The van der Waals surface area contributed by atoms with Gasteiger partial charge in [-0.1, -0.05) is 18.2 Å². The fraction of sp³-hybridized carbons (Fsp3) is 0.412. The van der Waals surface area contributed by atoms with E-state index >= 15 is 0 Å². The number of rotatable bonds is 4. The lowest BCUT2D eigenvalue weighted by molar-refractivity contribution is -0.131. The molecule has 1 aromatic carbocycles. The Morgan fingerprint density at radius 1 is 1.33 bits per heavy atom. The molecule has 1 aromatic heterocycles. The molecule has 3 rings (SSSR count). The second kappa shape index (κ2) is 9.06. The second-order valence-electron chi connectivity index (χ2n) is 5.72. The Hall–Kier alpha value is -1.56.